The molecule has 0 saturated heterocycles. The minimum Gasteiger partial charge on any atom is -0.484 e. The number of rotatable bonds is 5. The lowest BCUT2D eigenvalue weighted by Gasteiger charge is -2.09. The highest BCUT2D eigenvalue weighted by atomic mass is 35.5. The van der Waals surface area contributed by atoms with Crippen LogP contribution in [0.4, 0.5) is 0 Å². The fourth-order valence-corrected chi connectivity index (χ4v) is 2.14. The molecule has 0 heterocycles. The van der Waals surface area contributed by atoms with E-state index >= 15 is 0 Å². The Morgan fingerprint density at radius 1 is 0.875 bits per heavy atom. The normalized spacial score (nSPS) is 10.1. The van der Waals surface area contributed by atoms with Gasteiger partial charge < -0.3 is 4.74 Å². The van der Waals surface area contributed by atoms with Crippen LogP contribution in [0.3, 0.4) is 0 Å². The average Bonchev–Trinajstić information content (AvgIpc) is 2.56. The molecule has 0 aromatic heterocycles. The Bertz CT molecular complexity index is 736. The standard InChI is InChI=1S/C16H13Cl3N2O3/c17-11-3-1-10(2-4-11)7-15(22)20-21-16(23)9-24-12-5-6-13(18)14(19)8-12/h1-6,8H,7,9H2,(H,20,22)(H,21,23). The maximum absolute atomic E-state index is 11.7. The van der Waals surface area contributed by atoms with Crippen LogP contribution in [0, 0.1) is 0 Å². The molecule has 24 heavy (non-hydrogen) atoms. The second kappa shape index (κ2) is 8.78. The quantitative estimate of drug-likeness (QED) is 0.773. The lowest BCUT2D eigenvalue weighted by Crippen LogP contribution is -2.44. The smallest absolute Gasteiger partial charge is 0.276 e. The summed E-state index contributed by atoms with van der Waals surface area (Å²) in [4.78, 5) is 23.4. The maximum atomic E-state index is 11.7. The molecule has 5 nitrogen and oxygen atoms in total. The van der Waals surface area contributed by atoms with Crippen molar-refractivity contribution in [2.75, 3.05) is 6.61 Å². The molecule has 0 unspecified atom stereocenters. The Labute approximate surface area is 153 Å². The SMILES string of the molecule is O=C(COc1ccc(Cl)c(Cl)c1)NNC(=O)Cc1ccc(Cl)cc1. The fourth-order valence-electron chi connectivity index (χ4n) is 1.72. The van der Waals surface area contributed by atoms with Crippen LogP contribution in [0.2, 0.25) is 15.1 Å². The molecule has 8 heteroatoms. The van der Waals surface area contributed by atoms with Crippen molar-refractivity contribution >= 4 is 46.6 Å². The minimum atomic E-state index is -0.509. The number of hydrogen-bond acceptors (Lipinski definition) is 3. The van der Waals surface area contributed by atoms with Gasteiger partial charge in [-0.15, -0.1) is 0 Å². The van der Waals surface area contributed by atoms with Gasteiger partial charge in [0.1, 0.15) is 5.75 Å². The number of carbonyl (C=O) groups excluding carboxylic acids is 2. The van der Waals surface area contributed by atoms with Crippen LogP contribution in [-0.4, -0.2) is 18.4 Å². The van der Waals surface area contributed by atoms with Crippen molar-refractivity contribution in [3.05, 3.63) is 63.1 Å². The molecule has 0 bridgehead atoms. The van der Waals surface area contributed by atoms with E-state index in [1.807, 2.05) is 0 Å². The molecular formula is C16H13Cl3N2O3. The number of nitrogens with one attached hydrogen (secondary N) is 2. The van der Waals surface area contributed by atoms with Gasteiger partial charge >= 0.3 is 0 Å². The summed E-state index contributed by atoms with van der Waals surface area (Å²) < 4.78 is 5.25. The van der Waals surface area contributed by atoms with Crippen LogP contribution in [0.5, 0.6) is 5.75 Å². The summed E-state index contributed by atoms with van der Waals surface area (Å²) in [6.45, 7) is -0.279. The zero-order valence-electron chi connectivity index (χ0n) is 12.3. The van der Waals surface area contributed by atoms with Gasteiger partial charge in [-0.3, -0.25) is 20.4 Å². The highest BCUT2D eigenvalue weighted by molar-refractivity contribution is 6.42. The molecule has 0 radical (unpaired) electrons. The molecule has 0 fully saturated rings. The third-order valence-corrected chi connectivity index (χ3v) is 3.87. The number of carbonyl (C=O) groups is 2. The third kappa shape index (κ3) is 5.92. The maximum Gasteiger partial charge on any atom is 0.276 e. The Hall–Kier alpha value is -1.95. The molecule has 2 aromatic carbocycles. The van der Waals surface area contributed by atoms with Crippen LogP contribution in [0.25, 0.3) is 0 Å². The van der Waals surface area contributed by atoms with Crippen molar-refractivity contribution in [1.82, 2.24) is 10.9 Å². The van der Waals surface area contributed by atoms with Crippen LogP contribution in [0.15, 0.2) is 42.5 Å². The Kier molecular flexibility index (Phi) is 6.73. The molecule has 2 amide bonds. The molecule has 0 aliphatic rings. The van der Waals surface area contributed by atoms with Gasteiger partial charge in [0.25, 0.3) is 5.91 Å². The van der Waals surface area contributed by atoms with Crippen molar-refractivity contribution in [2.45, 2.75) is 6.42 Å². The minimum absolute atomic E-state index is 0.116. The van der Waals surface area contributed by atoms with E-state index < -0.39 is 5.91 Å². The van der Waals surface area contributed by atoms with Crippen LogP contribution in [-0.2, 0) is 16.0 Å². The number of halogens is 3. The van der Waals surface area contributed by atoms with Gasteiger partial charge in [0.05, 0.1) is 16.5 Å². The first-order valence-corrected chi connectivity index (χ1v) is 7.97. The lowest BCUT2D eigenvalue weighted by molar-refractivity contribution is -0.129. The predicted octanol–water partition coefficient (Wildman–Crippen LogP) is 3.42. The summed E-state index contributed by atoms with van der Waals surface area (Å²) in [6.07, 6.45) is 0.116. The molecular weight excluding hydrogens is 375 g/mol. The van der Waals surface area contributed by atoms with E-state index in [1.54, 1.807) is 36.4 Å². The molecule has 2 rings (SSSR count). The topological polar surface area (TPSA) is 67.4 Å². The summed E-state index contributed by atoms with van der Waals surface area (Å²) in [5.41, 5.74) is 5.34. The van der Waals surface area contributed by atoms with Gasteiger partial charge in [0, 0.05) is 11.1 Å². The van der Waals surface area contributed by atoms with E-state index in [0.29, 0.717) is 20.8 Å². The average molecular weight is 388 g/mol. The largest absolute Gasteiger partial charge is 0.484 e. The van der Waals surface area contributed by atoms with Crippen molar-refractivity contribution in [2.24, 2.45) is 0 Å². The van der Waals surface area contributed by atoms with E-state index in [9.17, 15) is 9.59 Å². The zero-order chi connectivity index (χ0) is 17.5. The monoisotopic (exact) mass is 386 g/mol. The third-order valence-electron chi connectivity index (χ3n) is 2.88. The van der Waals surface area contributed by atoms with E-state index in [4.69, 9.17) is 39.5 Å². The van der Waals surface area contributed by atoms with Crippen LogP contribution >= 0.6 is 34.8 Å². The first-order chi connectivity index (χ1) is 11.4. The van der Waals surface area contributed by atoms with Gasteiger partial charge in [0.2, 0.25) is 5.91 Å². The summed E-state index contributed by atoms with van der Waals surface area (Å²) in [6, 6.07) is 11.5. The fraction of sp³-hybridized carbons (Fsp3) is 0.125. The van der Waals surface area contributed by atoms with E-state index in [0.717, 1.165) is 5.56 Å². The number of hydrazine groups is 1. The number of ether oxygens (including phenoxy) is 1. The molecule has 2 aromatic rings. The summed E-state index contributed by atoms with van der Waals surface area (Å²) >= 11 is 17.4. The number of hydrogen-bond donors (Lipinski definition) is 2. The molecule has 2 N–H and O–H groups in total. The summed E-state index contributed by atoms with van der Waals surface area (Å²) in [5.74, 6) is -0.474. The molecule has 0 aliphatic carbocycles. The van der Waals surface area contributed by atoms with Crippen molar-refractivity contribution in [3.63, 3.8) is 0 Å². The molecule has 0 atom stereocenters. The Balaban J connectivity index is 1.73. The second-order valence-electron chi connectivity index (χ2n) is 4.76. The molecule has 126 valence electrons. The van der Waals surface area contributed by atoms with Crippen LogP contribution in [0.1, 0.15) is 5.56 Å². The first-order valence-electron chi connectivity index (χ1n) is 6.84. The van der Waals surface area contributed by atoms with Gasteiger partial charge in [-0.1, -0.05) is 46.9 Å². The Morgan fingerprint density at radius 2 is 1.54 bits per heavy atom. The van der Waals surface area contributed by atoms with Crippen LogP contribution < -0.4 is 15.6 Å². The molecule has 0 spiro atoms. The summed E-state index contributed by atoms with van der Waals surface area (Å²) in [5, 5.41) is 1.31. The van der Waals surface area contributed by atoms with Crippen molar-refractivity contribution in [3.8, 4) is 5.75 Å². The number of benzene rings is 2. The lowest BCUT2D eigenvalue weighted by atomic mass is 10.1. The van der Waals surface area contributed by atoms with Gasteiger partial charge in [-0.25, -0.2) is 0 Å². The molecule has 0 aliphatic heterocycles. The van der Waals surface area contributed by atoms with E-state index in [-0.39, 0.29) is 18.9 Å². The highest BCUT2D eigenvalue weighted by Gasteiger charge is 2.07. The second-order valence-corrected chi connectivity index (χ2v) is 6.02. The summed E-state index contributed by atoms with van der Waals surface area (Å²) in [7, 11) is 0. The van der Waals surface area contributed by atoms with Crippen molar-refractivity contribution in [1.29, 1.82) is 0 Å². The number of amides is 2. The Morgan fingerprint density at radius 3 is 2.21 bits per heavy atom. The van der Waals surface area contributed by atoms with Gasteiger partial charge in [-0.05, 0) is 29.8 Å². The zero-order valence-corrected chi connectivity index (χ0v) is 14.6. The van der Waals surface area contributed by atoms with Crippen molar-refractivity contribution < 1.29 is 14.3 Å². The predicted molar refractivity (Wildman–Crippen MR) is 93.4 cm³/mol. The van der Waals surface area contributed by atoms with E-state index in [2.05, 4.69) is 10.9 Å². The van der Waals surface area contributed by atoms with Gasteiger partial charge in [0.15, 0.2) is 6.61 Å². The highest BCUT2D eigenvalue weighted by Crippen LogP contribution is 2.26. The van der Waals surface area contributed by atoms with Gasteiger partial charge in [-0.2, -0.15) is 0 Å². The first kappa shape index (κ1) is 18.4. The van der Waals surface area contributed by atoms with E-state index in [1.165, 1.54) is 6.07 Å². The molecule has 0 saturated carbocycles.